The summed E-state index contributed by atoms with van der Waals surface area (Å²) < 4.78 is 11.0. The Bertz CT molecular complexity index is 439. The molecule has 0 bridgehead atoms. The van der Waals surface area contributed by atoms with Crippen molar-refractivity contribution in [1.82, 2.24) is 10.3 Å². The molecule has 0 aliphatic carbocycles. The second-order valence-corrected chi connectivity index (χ2v) is 5.56. The number of nitrogen functional groups attached to an aromatic ring is 1. The predicted molar refractivity (Wildman–Crippen MR) is 72.5 cm³/mol. The number of nitrogens with two attached hydrogens (primary N) is 1. The van der Waals surface area contributed by atoms with Gasteiger partial charge in [0.25, 0.3) is 5.91 Å². The van der Waals surface area contributed by atoms with Crippen molar-refractivity contribution in [2.24, 2.45) is 5.84 Å². The van der Waals surface area contributed by atoms with E-state index >= 15 is 0 Å². The molecular formula is C11H18N4O2S. The summed E-state index contributed by atoms with van der Waals surface area (Å²) in [6, 6.07) is 1.58. The van der Waals surface area contributed by atoms with Gasteiger partial charge in [-0.2, -0.15) is 0 Å². The summed E-state index contributed by atoms with van der Waals surface area (Å²) in [6.07, 6.45) is 5.32. The van der Waals surface area contributed by atoms with E-state index < -0.39 is 10.8 Å². The number of rotatable bonds is 6. The summed E-state index contributed by atoms with van der Waals surface area (Å²) >= 11 is 0. The number of hydrogen-bond acceptors (Lipinski definition) is 5. The van der Waals surface area contributed by atoms with Crippen LogP contribution in [-0.4, -0.2) is 33.2 Å². The number of nitrogens with zero attached hydrogens (tertiary/aromatic N) is 1. The number of hydrazine groups is 1. The van der Waals surface area contributed by atoms with Gasteiger partial charge in [-0.25, -0.2) is 0 Å². The molecule has 18 heavy (non-hydrogen) atoms. The molecule has 6 nitrogen and oxygen atoms in total. The third-order valence-electron chi connectivity index (χ3n) is 2.44. The zero-order chi connectivity index (χ0) is 13.5. The number of nitrogens with one attached hydrogen (secondary N) is 2. The molecule has 100 valence electrons. The molecule has 2 unspecified atom stereocenters. The molecule has 2 atom stereocenters. The van der Waals surface area contributed by atoms with E-state index in [0.717, 1.165) is 0 Å². The minimum atomic E-state index is -0.847. The van der Waals surface area contributed by atoms with Gasteiger partial charge in [-0.15, -0.1) is 0 Å². The summed E-state index contributed by atoms with van der Waals surface area (Å²) in [4.78, 5) is 15.8. The lowest BCUT2D eigenvalue weighted by molar-refractivity contribution is 0.0940. The quantitative estimate of drug-likeness (QED) is 0.509. The fourth-order valence-electron chi connectivity index (χ4n) is 1.42. The Balaban J connectivity index is 2.62. The zero-order valence-corrected chi connectivity index (χ0v) is 11.3. The number of carbonyl (C=O) groups is 1. The van der Waals surface area contributed by atoms with E-state index in [2.05, 4.69) is 15.7 Å². The maximum absolute atomic E-state index is 12.0. The van der Waals surface area contributed by atoms with Crippen LogP contribution >= 0.6 is 0 Å². The molecule has 0 radical (unpaired) electrons. The van der Waals surface area contributed by atoms with Crippen LogP contribution in [0.5, 0.6) is 0 Å². The van der Waals surface area contributed by atoms with E-state index in [9.17, 15) is 9.00 Å². The first-order chi connectivity index (χ1) is 8.54. The van der Waals surface area contributed by atoms with Gasteiger partial charge in [0, 0.05) is 41.2 Å². The highest BCUT2D eigenvalue weighted by molar-refractivity contribution is 7.84. The number of amides is 1. The summed E-state index contributed by atoms with van der Waals surface area (Å²) in [5.74, 6) is 5.64. The molecule has 1 heterocycles. The first-order valence-corrected chi connectivity index (χ1v) is 7.28. The number of anilines is 1. The van der Waals surface area contributed by atoms with Crippen LogP contribution in [-0.2, 0) is 10.8 Å². The largest absolute Gasteiger partial charge is 0.349 e. The van der Waals surface area contributed by atoms with Gasteiger partial charge in [-0.1, -0.05) is 0 Å². The topological polar surface area (TPSA) is 97.1 Å². The van der Waals surface area contributed by atoms with Crippen LogP contribution in [0, 0.1) is 0 Å². The van der Waals surface area contributed by atoms with Gasteiger partial charge in [0.15, 0.2) is 0 Å². The second-order valence-electron chi connectivity index (χ2n) is 4.01. The van der Waals surface area contributed by atoms with Gasteiger partial charge in [0.2, 0.25) is 0 Å². The highest BCUT2D eigenvalue weighted by Gasteiger charge is 2.13. The standard InChI is InChI=1S/C11H18N4O2S/c1-8(4-6-18(2)17)14-11(16)9-7-13-5-3-10(9)15-12/h3,5,7-8H,4,6,12H2,1-2H3,(H,13,15)(H,14,16). The number of carbonyl (C=O) groups excluding carboxylic acids is 1. The maximum atomic E-state index is 12.0. The third kappa shape index (κ3) is 4.42. The van der Waals surface area contributed by atoms with Crippen LogP contribution in [0.25, 0.3) is 0 Å². The fourth-order valence-corrected chi connectivity index (χ4v) is 2.10. The molecule has 0 aliphatic heterocycles. The highest BCUT2D eigenvalue weighted by Crippen LogP contribution is 2.11. The lowest BCUT2D eigenvalue weighted by Gasteiger charge is -2.14. The van der Waals surface area contributed by atoms with Crippen LogP contribution in [0.15, 0.2) is 18.5 Å². The molecule has 0 aliphatic rings. The third-order valence-corrected chi connectivity index (χ3v) is 3.25. The van der Waals surface area contributed by atoms with Crippen molar-refractivity contribution >= 4 is 22.4 Å². The van der Waals surface area contributed by atoms with Crippen molar-refractivity contribution in [3.63, 3.8) is 0 Å². The minimum absolute atomic E-state index is 0.0489. The smallest absolute Gasteiger partial charge is 0.255 e. The van der Waals surface area contributed by atoms with Gasteiger partial charge in [-0.3, -0.25) is 19.8 Å². The number of pyridine rings is 1. The molecule has 0 saturated carbocycles. The second kappa shape index (κ2) is 7.07. The van der Waals surface area contributed by atoms with Gasteiger partial charge in [0.1, 0.15) is 0 Å². The summed E-state index contributed by atoms with van der Waals surface area (Å²) in [5.41, 5.74) is 3.37. The maximum Gasteiger partial charge on any atom is 0.255 e. The Kier molecular flexibility index (Phi) is 5.73. The molecule has 1 rings (SSSR count). The van der Waals surface area contributed by atoms with E-state index in [-0.39, 0.29) is 11.9 Å². The fraction of sp³-hybridized carbons (Fsp3) is 0.455. The Morgan fingerprint density at radius 2 is 2.33 bits per heavy atom. The van der Waals surface area contributed by atoms with E-state index in [1.807, 2.05) is 6.92 Å². The average molecular weight is 270 g/mol. The van der Waals surface area contributed by atoms with Crippen molar-refractivity contribution in [2.45, 2.75) is 19.4 Å². The van der Waals surface area contributed by atoms with Crippen LogP contribution in [0.4, 0.5) is 5.69 Å². The van der Waals surface area contributed by atoms with Gasteiger partial charge < -0.3 is 10.7 Å². The highest BCUT2D eigenvalue weighted by atomic mass is 32.2. The summed E-state index contributed by atoms with van der Waals surface area (Å²) in [5, 5.41) is 2.82. The molecule has 0 aromatic carbocycles. The number of hydrogen-bond donors (Lipinski definition) is 3. The summed E-state index contributed by atoms with van der Waals surface area (Å²) in [7, 11) is -0.847. The lowest BCUT2D eigenvalue weighted by Crippen LogP contribution is -2.34. The van der Waals surface area contributed by atoms with Crippen LogP contribution in [0.3, 0.4) is 0 Å². The lowest BCUT2D eigenvalue weighted by atomic mass is 10.2. The van der Waals surface area contributed by atoms with Crippen molar-refractivity contribution in [3.8, 4) is 0 Å². The van der Waals surface area contributed by atoms with Crippen molar-refractivity contribution in [2.75, 3.05) is 17.4 Å². The Hall–Kier alpha value is -1.47. The molecule has 1 aromatic rings. The molecule has 0 fully saturated rings. The van der Waals surface area contributed by atoms with Gasteiger partial charge in [-0.05, 0) is 19.4 Å². The first kappa shape index (κ1) is 14.6. The van der Waals surface area contributed by atoms with E-state index in [1.54, 1.807) is 18.5 Å². The predicted octanol–water partition coefficient (Wildman–Crippen LogP) is 0.254. The average Bonchev–Trinajstić information content (AvgIpc) is 2.36. The van der Waals surface area contributed by atoms with Gasteiger partial charge in [0.05, 0.1) is 11.3 Å². The Morgan fingerprint density at radius 1 is 1.61 bits per heavy atom. The number of aromatic nitrogens is 1. The molecule has 0 saturated heterocycles. The van der Waals surface area contributed by atoms with E-state index in [0.29, 0.717) is 23.4 Å². The van der Waals surface area contributed by atoms with Gasteiger partial charge >= 0.3 is 0 Å². The van der Waals surface area contributed by atoms with Crippen molar-refractivity contribution in [3.05, 3.63) is 24.0 Å². The first-order valence-electron chi connectivity index (χ1n) is 5.56. The SMILES string of the molecule is CC(CCS(C)=O)NC(=O)c1cnccc1NN. The van der Waals surface area contributed by atoms with Crippen LogP contribution < -0.4 is 16.6 Å². The van der Waals surface area contributed by atoms with Crippen molar-refractivity contribution in [1.29, 1.82) is 0 Å². The monoisotopic (exact) mass is 270 g/mol. The van der Waals surface area contributed by atoms with E-state index in [4.69, 9.17) is 5.84 Å². The molecule has 0 spiro atoms. The molecule has 1 amide bonds. The van der Waals surface area contributed by atoms with Crippen molar-refractivity contribution < 1.29 is 9.00 Å². The van der Waals surface area contributed by atoms with E-state index in [1.165, 1.54) is 6.20 Å². The molecular weight excluding hydrogens is 252 g/mol. The zero-order valence-electron chi connectivity index (χ0n) is 10.5. The Morgan fingerprint density at radius 3 is 2.94 bits per heavy atom. The van der Waals surface area contributed by atoms with Crippen LogP contribution in [0.1, 0.15) is 23.7 Å². The summed E-state index contributed by atoms with van der Waals surface area (Å²) in [6.45, 7) is 1.87. The molecule has 1 aromatic heterocycles. The van der Waals surface area contributed by atoms with Crippen LogP contribution in [0.2, 0.25) is 0 Å². The Labute approximate surface area is 109 Å². The minimum Gasteiger partial charge on any atom is -0.349 e. The normalized spacial score (nSPS) is 13.7. The molecule has 7 heteroatoms. The molecule has 4 N–H and O–H groups in total.